The summed E-state index contributed by atoms with van der Waals surface area (Å²) in [5.41, 5.74) is 7.04. The second-order valence-electron chi connectivity index (χ2n) is 3.53. The van der Waals surface area contributed by atoms with Gasteiger partial charge in [-0.05, 0) is 30.7 Å². The van der Waals surface area contributed by atoms with Crippen LogP contribution in [0.1, 0.15) is 18.2 Å². The number of benzene rings is 1. The van der Waals surface area contributed by atoms with Crippen molar-refractivity contribution >= 4 is 5.69 Å². The Morgan fingerprint density at radius 1 is 1.43 bits per heavy atom. The van der Waals surface area contributed by atoms with Gasteiger partial charge in [-0.25, -0.2) is 4.39 Å². The van der Waals surface area contributed by atoms with Gasteiger partial charge < -0.3 is 10.6 Å². The summed E-state index contributed by atoms with van der Waals surface area (Å²) in [6, 6.07) is 7.49. The summed E-state index contributed by atoms with van der Waals surface area (Å²) >= 11 is 0. The first kappa shape index (κ1) is 11.0. The van der Waals surface area contributed by atoms with E-state index in [1.54, 1.807) is 6.07 Å². The van der Waals surface area contributed by atoms with Crippen LogP contribution in [-0.2, 0) is 0 Å². The van der Waals surface area contributed by atoms with Crippen LogP contribution in [0, 0.1) is 0 Å². The molecule has 0 aliphatic heterocycles. The van der Waals surface area contributed by atoms with Crippen molar-refractivity contribution in [2.45, 2.75) is 12.6 Å². The molecular formula is C11H17FN2. The number of alkyl halides is 1. The van der Waals surface area contributed by atoms with E-state index in [4.69, 9.17) is 5.73 Å². The fraction of sp³-hybridized carbons (Fsp3) is 0.455. The molecule has 3 heteroatoms. The maximum atomic E-state index is 13.5. The first-order valence-corrected chi connectivity index (χ1v) is 4.76. The molecule has 2 N–H and O–H groups in total. The molecule has 0 radical (unpaired) electrons. The molecule has 0 amide bonds. The van der Waals surface area contributed by atoms with Gasteiger partial charge in [0, 0.05) is 19.8 Å². The third-order valence-electron chi connectivity index (χ3n) is 2.17. The molecule has 1 atom stereocenters. The lowest BCUT2D eigenvalue weighted by Crippen LogP contribution is -2.09. The van der Waals surface area contributed by atoms with E-state index in [-0.39, 0.29) is 0 Å². The van der Waals surface area contributed by atoms with Gasteiger partial charge in [-0.2, -0.15) is 0 Å². The molecule has 0 heterocycles. The van der Waals surface area contributed by atoms with Crippen molar-refractivity contribution in [3.05, 3.63) is 29.8 Å². The largest absolute Gasteiger partial charge is 0.378 e. The molecule has 0 saturated heterocycles. The molecule has 1 rings (SSSR count). The Morgan fingerprint density at radius 2 is 2.14 bits per heavy atom. The second kappa shape index (κ2) is 4.96. The average Bonchev–Trinajstić information content (AvgIpc) is 2.18. The highest BCUT2D eigenvalue weighted by atomic mass is 19.1. The summed E-state index contributed by atoms with van der Waals surface area (Å²) in [6.45, 7) is 0.382. The number of nitrogens with zero attached hydrogens (tertiary/aromatic N) is 1. The molecule has 14 heavy (non-hydrogen) atoms. The van der Waals surface area contributed by atoms with Crippen molar-refractivity contribution in [2.75, 3.05) is 25.5 Å². The average molecular weight is 196 g/mol. The van der Waals surface area contributed by atoms with Crippen molar-refractivity contribution in [3.63, 3.8) is 0 Å². The zero-order valence-electron chi connectivity index (χ0n) is 8.70. The number of hydrogen-bond donors (Lipinski definition) is 1. The smallest absolute Gasteiger partial charge is 0.126 e. The van der Waals surface area contributed by atoms with Crippen molar-refractivity contribution in [1.29, 1.82) is 0 Å². The first-order valence-electron chi connectivity index (χ1n) is 4.76. The molecule has 0 aliphatic carbocycles. The molecule has 0 aromatic heterocycles. The minimum Gasteiger partial charge on any atom is -0.378 e. The number of hydrogen-bond acceptors (Lipinski definition) is 2. The minimum atomic E-state index is -0.945. The first-order chi connectivity index (χ1) is 6.65. The van der Waals surface area contributed by atoms with E-state index in [9.17, 15) is 4.39 Å². The maximum absolute atomic E-state index is 13.5. The van der Waals surface area contributed by atoms with Crippen LogP contribution in [0.4, 0.5) is 10.1 Å². The Kier molecular flexibility index (Phi) is 3.89. The van der Waals surface area contributed by atoms with Gasteiger partial charge >= 0.3 is 0 Å². The van der Waals surface area contributed by atoms with E-state index in [2.05, 4.69) is 0 Å². The van der Waals surface area contributed by atoms with Crippen molar-refractivity contribution in [1.82, 2.24) is 0 Å². The lowest BCUT2D eigenvalue weighted by molar-refractivity contribution is 0.328. The molecule has 1 unspecified atom stereocenters. The predicted molar refractivity (Wildman–Crippen MR) is 58.3 cm³/mol. The summed E-state index contributed by atoms with van der Waals surface area (Å²) in [4.78, 5) is 1.96. The number of nitrogens with two attached hydrogens (primary N) is 1. The fourth-order valence-electron chi connectivity index (χ4n) is 1.31. The molecule has 2 nitrogen and oxygen atoms in total. The van der Waals surface area contributed by atoms with Gasteiger partial charge in [0.2, 0.25) is 0 Å². The minimum absolute atomic E-state index is 0.382. The highest BCUT2D eigenvalue weighted by Gasteiger charge is 2.09. The standard InChI is InChI=1S/C11H17FN2/c1-14(2)10-5-3-4-9(8-10)11(12)6-7-13/h3-5,8,11H,6-7,13H2,1-2H3. The molecule has 0 fully saturated rings. The quantitative estimate of drug-likeness (QED) is 0.799. The lowest BCUT2D eigenvalue weighted by atomic mass is 10.1. The Hall–Kier alpha value is -1.09. The van der Waals surface area contributed by atoms with Crippen LogP contribution < -0.4 is 10.6 Å². The highest BCUT2D eigenvalue weighted by Crippen LogP contribution is 2.24. The third-order valence-corrected chi connectivity index (χ3v) is 2.17. The zero-order chi connectivity index (χ0) is 10.6. The molecule has 1 aromatic rings. The second-order valence-corrected chi connectivity index (χ2v) is 3.53. The van der Waals surface area contributed by atoms with Gasteiger partial charge in [0.05, 0.1) is 0 Å². The summed E-state index contributed by atoms with van der Waals surface area (Å²) in [5, 5.41) is 0. The van der Waals surface area contributed by atoms with Crippen LogP contribution in [0.2, 0.25) is 0 Å². The number of rotatable bonds is 4. The SMILES string of the molecule is CN(C)c1cccc(C(F)CCN)c1. The van der Waals surface area contributed by atoms with Crippen LogP contribution in [0.15, 0.2) is 24.3 Å². The molecular weight excluding hydrogens is 179 g/mol. The van der Waals surface area contributed by atoms with Gasteiger partial charge in [-0.1, -0.05) is 12.1 Å². The summed E-state index contributed by atoms with van der Waals surface area (Å²) in [6.07, 6.45) is -0.559. The summed E-state index contributed by atoms with van der Waals surface area (Å²) in [5.74, 6) is 0. The van der Waals surface area contributed by atoms with Crippen molar-refractivity contribution in [3.8, 4) is 0 Å². The lowest BCUT2D eigenvalue weighted by Gasteiger charge is -2.15. The monoisotopic (exact) mass is 196 g/mol. The topological polar surface area (TPSA) is 29.3 Å². The molecule has 78 valence electrons. The molecule has 1 aromatic carbocycles. The van der Waals surface area contributed by atoms with Crippen LogP contribution in [0.5, 0.6) is 0 Å². The Morgan fingerprint density at radius 3 is 2.71 bits per heavy atom. The zero-order valence-corrected chi connectivity index (χ0v) is 8.70. The Labute approximate surface area is 84.5 Å². The van der Waals surface area contributed by atoms with E-state index < -0.39 is 6.17 Å². The van der Waals surface area contributed by atoms with Crippen molar-refractivity contribution < 1.29 is 4.39 Å². The van der Waals surface area contributed by atoms with Crippen molar-refractivity contribution in [2.24, 2.45) is 5.73 Å². The maximum Gasteiger partial charge on any atom is 0.126 e. The number of halogens is 1. The van der Waals surface area contributed by atoms with Crippen LogP contribution in [0.25, 0.3) is 0 Å². The van der Waals surface area contributed by atoms with E-state index in [0.717, 1.165) is 5.69 Å². The van der Waals surface area contributed by atoms with E-state index >= 15 is 0 Å². The number of anilines is 1. The predicted octanol–water partition coefficient (Wildman–Crippen LogP) is 2.11. The highest BCUT2D eigenvalue weighted by molar-refractivity contribution is 5.47. The summed E-state index contributed by atoms with van der Waals surface area (Å²) < 4.78 is 13.5. The Bertz CT molecular complexity index is 286. The van der Waals surface area contributed by atoms with E-state index in [1.807, 2.05) is 37.2 Å². The van der Waals surface area contributed by atoms with Gasteiger partial charge in [0.15, 0.2) is 0 Å². The van der Waals surface area contributed by atoms with E-state index in [1.165, 1.54) is 0 Å². The Balaban J connectivity index is 2.82. The van der Waals surface area contributed by atoms with E-state index in [0.29, 0.717) is 18.5 Å². The molecule has 0 aliphatic rings. The fourth-order valence-corrected chi connectivity index (χ4v) is 1.31. The normalized spacial score (nSPS) is 12.6. The molecule has 0 saturated carbocycles. The van der Waals surface area contributed by atoms with Gasteiger partial charge in [-0.3, -0.25) is 0 Å². The third kappa shape index (κ3) is 2.70. The summed E-state index contributed by atoms with van der Waals surface area (Å²) in [7, 11) is 3.88. The van der Waals surface area contributed by atoms with Gasteiger partial charge in [0.1, 0.15) is 6.17 Å². The van der Waals surface area contributed by atoms with Gasteiger partial charge in [-0.15, -0.1) is 0 Å². The van der Waals surface area contributed by atoms with Crippen LogP contribution in [-0.4, -0.2) is 20.6 Å². The van der Waals surface area contributed by atoms with Crippen LogP contribution >= 0.6 is 0 Å². The van der Waals surface area contributed by atoms with Crippen LogP contribution in [0.3, 0.4) is 0 Å². The van der Waals surface area contributed by atoms with Gasteiger partial charge in [0.25, 0.3) is 0 Å². The molecule has 0 spiro atoms. The molecule has 0 bridgehead atoms.